The summed E-state index contributed by atoms with van der Waals surface area (Å²) in [4.78, 5) is 26.7. The Labute approximate surface area is 224 Å². The van der Waals surface area contributed by atoms with Crippen molar-refractivity contribution < 1.29 is 28.2 Å². The molecule has 3 saturated heterocycles. The van der Waals surface area contributed by atoms with Crippen molar-refractivity contribution >= 4 is 23.1 Å². The molecule has 0 spiro atoms. The number of amides is 1. The van der Waals surface area contributed by atoms with Gasteiger partial charge in [0.05, 0.1) is 37.1 Å². The summed E-state index contributed by atoms with van der Waals surface area (Å²) in [6.45, 7) is 4.90. The molecule has 208 valence electrons. The van der Waals surface area contributed by atoms with Crippen LogP contribution in [0.25, 0.3) is 22.3 Å². The van der Waals surface area contributed by atoms with Crippen molar-refractivity contribution in [2.24, 2.45) is 0 Å². The molecule has 3 aromatic rings. The van der Waals surface area contributed by atoms with Gasteiger partial charge in [-0.05, 0) is 51.7 Å². The Bertz CT molecular complexity index is 1410. The van der Waals surface area contributed by atoms with Gasteiger partial charge in [0, 0.05) is 30.6 Å². The molecule has 10 nitrogen and oxygen atoms in total. The van der Waals surface area contributed by atoms with E-state index in [-0.39, 0.29) is 52.9 Å². The van der Waals surface area contributed by atoms with Crippen molar-refractivity contribution in [3.63, 3.8) is 0 Å². The highest BCUT2D eigenvalue weighted by molar-refractivity contribution is 5.83. The Kier molecular flexibility index (Phi) is 6.62. The lowest BCUT2D eigenvalue weighted by Crippen LogP contribution is -2.47. The van der Waals surface area contributed by atoms with E-state index in [2.05, 4.69) is 20.3 Å². The van der Waals surface area contributed by atoms with E-state index < -0.39 is 23.8 Å². The van der Waals surface area contributed by atoms with Crippen molar-refractivity contribution in [2.75, 3.05) is 25.5 Å². The van der Waals surface area contributed by atoms with Gasteiger partial charge in [-0.2, -0.15) is 0 Å². The first-order valence-corrected chi connectivity index (χ1v) is 13.4. The van der Waals surface area contributed by atoms with Crippen LogP contribution < -0.4 is 5.32 Å². The van der Waals surface area contributed by atoms with E-state index >= 15 is 8.78 Å². The first-order chi connectivity index (χ1) is 18.7. The number of aliphatic hydroxyl groups excluding tert-OH is 1. The smallest absolute Gasteiger partial charge is 0.409 e. The topological polar surface area (TPSA) is 115 Å². The maximum Gasteiger partial charge on any atom is 0.409 e. The molecule has 5 atom stereocenters. The van der Waals surface area contributed by atoms with E-state index in [0.29, 0.717) is 37.3 Å². The average Bonchev–Trinajstić information content (AvgIpc) is 3.65. The molecule has 5 heterocycles. The number of halogens is 2. The van der Waals surface area contributed by atoms with Crippen molar-refractivity contribution in [2.45, 2.75) is 75.8 Å². The summed E-state index contributed by atoms with van der Waals surface area (Å²) in [7, 11) is 1.35. The van der Waals surface area contributed by atoms with Crippen LogP contribution in [0.3, 0.4) is 0 Å². The standard InChI is InChI=1S/C27H32F2N6O4/c1-13(2)35-20-9-15(8-17(28)23(20)32-25(35)14-6-7-34(12-14)27(37)38-3)22-18(29)11-30-26(33-22)31-19-10-16-4-5-21(39-16)24(19)36/h8-9,11,13-14,16,19,21,24,36H,4-7,10,12H2,1-3H3,(H,30,31,33)/t14-,16-,19-,21+,24+/m1/s1. The zero-order chi connectivity index (χ0) is 27.4. The molecule has 0 saturated carbocycles. The summed E-state index contributed by atoms with van der Waals surface area (Å²) in [5.74, 6) is -0.531. The molecule has 3 fully saturated rings. The average molecular weight is 543 g/mol. The van der Waals surface area contributed by atoms with Gasteiger partial charge in [0.2, 0.25) is 5.95 Å². The summed E-state index contributed by atoms with van der Waals surface area (Å²) in [6.07, 6.45) is 2.72. The highest BCUT2D eigenvalue weighted by Crippen LogP contribution is 2.36. The maximum absolute atomic E-state index is 15.5. The van der Waals surface area contributed by atoms with Crippen molar-refractivity contribution in [3.05, 3.63) is 35.8 Å². The van der Waals surface area contributed by atoms with Gasteiger partial charge >= 0.3 is 6.09 Å². The van der Waals surface area contributed by atoms with Crippen LogP contribution in [0.2, 0.25) is 0 Å². The first kappa shape index (κ1) is 25.9. The van der Waals surface area contributed by atoms with Crippen LogP contribution in [0, 0.1) is 11.6 Å². The van der Waals surface area contributed by atoms with Crippen molar-refractivity contribution in [1.29, 1.82) is 0 Å². The molecule has 2 N–H and O–H groups in total. The lowest BCUT2D eigenvalue weighted by Gasteiger charge is -2.33. The highest BCUT2D eigenvalue weighted by atomic mass is 19.1. The number of aromatic nitrogens is 4. The van der Waals surface area contributed by atoms with Gasteiger partial charge in [0.1, 0.15) is 23.1 Å². The predicted molar refractivity (Wildman–Crippen MR) is 138 cm³/mol. The highest BCUT2D eigenvalue weighted by Gasteiger charge is 2.42. The van der Waals surface area contributed by atoms with E-state index in [1.165, 1.54) is 13.2 Å². The summed E-state index contributed by atoms with van der Waals surface area (Å²) in [6, 6.07) is 2.54. The molecule has 3 aliphatic rings. The second kappa shape index (κ2) is 9.98. The van der Waals surface area contributed by atoms with E-state index in [4.69, 9.17) is 9.47 Å². The third-order valence-corrected chi connectivity index (χ3v) is 8.06. The molecule has 1 amide bonds. The number of ether oxygens (including phenoxy) is 2. The molecule has 2 aromatic heterocycles. The molecule has 39 heavy (non-hydrogen) atoms. The van der Waals surface area contributed by atoms with Gasteiger partial charge in [-0.15, -0.1) is 0 Å². The van der Waals surface area contributed by atoms with Crippen LogP contribution in [0.4, 0.5) is 19.5 Å². The maximum atomic E-state index is 15.5. The Morgan fingerprint density at radius 2 is 2.03 bits per heavy atom. The molecular formula is C27H32F2N6O4. The molecule has 0 aliphatic carbocycles. The number of rotatable bonds is 5. The first-order valence-electron chi connectivity index (χ1n) is 13.4. The van der Waals surface area contributed by atoms with Crippen LogP contribution in [-0.4, -0.2) is 80.2 Å². The predicted octanol–water partition coefficient (Wildman–Crippen LogP) is 4.00. The van der Waals surface area contributed by atoms with Gasteiger partial charge in [0.25, 0.3) is 0 Å². The van der Waals surface area contributed by atoms with Gasteiger partial charge in [-0.25, -0.2) is 28.5 Å². The van der Waals surface area contributed by atoms with Gasteiger partial charge in [-0.3, -0.25) is 0 Å². The third kappa shape index (κ3) is 4.59. The fraction of sp³-hybridized carbons (Fsp3) is 0.556. The SMILES string of the molecule is COC(=O)N1CC[C@@H](c2nc3c(F)cc(-c4nc(N[C@@H]5C[C@H]6CC[C@H](O6)[C@H]5O)ncc4F)cc3n2C(C)C)C1. The summed E-state index contributed by atoms with van der Waals surface area (Å²) < 4.78 is 43.1. The Morgan fingerprint density at radius 1 is 1.21 bits per heavy atom. The number of methoxy groups -OCH3 is 1. The third-order valence-electron chi connectivity index (χ3n) is 8.06. The molecule has 0 unspecified atom stereocenters. The minimum Gasteiger partial charge on any atom is -0.453 e. The number of hydrogen-bond donors (Lipinski definition) is 2. The summed E-state index contributed by atoms with van der Waals surface area (Å²) in [5, 5.41) is 13.8. The van der Waals surface area contributed by atoms with E-state index in [9.17, 15) is 9.90 Å². The zero-order valence-corrected chi connectivity index (χ0v) is 22.1. The largest absolute Gasteiger partial charge is 0.453 e. The second-order valence-corrected chi connectivity index (χ2v) is 10.9. The monoisotopic (exact) mass is 542 g/mol. The van der Waals surface area contributed by atoms with Crippen LogP contribution in [0.1, 0.15) is 57.3 Å². The van der Waals surface area contributed by atoms with Crippen LogP contribution in [-0.2, 0) is 9.47 Å². The number of imidazole rings is 1. The lowest BCUT2D eigenvalue weighted by molar-refractivity contribution is -0.0811. The number of nitrogens with one attached hydrogen (secondary N) is 1. The second-order valence-electron chi connectivity index (χ2n) is 10.9. The van der Waals surface area contributed by atoms with E-state index in [1.54, 1.807) is 11.0 Å². The van der Waals surface area contributed by atoms with E-state index in [0.717, 1.165) is 19.0 Å². The van der Waals surface area contributed by atoms with Crippen molar-refractivity contribution in [3.8, 4) is 11.3 Å². The molecule has 1 aromatic carbocycles. The Morgan fingerprint density at radius 3 is 2.79 bits per heavy atom. The number of carbonyl (C=O) groups excluding carboxylic acids is 1. The number of nitrogens with zero attached hydrogens (tertiary/aromatic N) is 5. The lowest BCUT2D eigenvalue weighted by atomic mass is 10.0. The van der Waals surface area contributed by atoms with Gasteiger partial charge in [-0.1, -0.05) is 0 Å². The molecule has 0 radical (unpaired) electrons. The summed E-state index contributed by atoms with van der Waals surface area (Å²) >= 11 is 0. The number of fused-ring (bicyclic) bond motifs is 3. The van der Waals surface area contributed by atoms with Crippen LogP contribution >= 0.6 is 0 Å². The van der Waals surface area contributed by atoms with Crippen LogP contribution in [0.5, 0.6) is 0 Å². The van der Waals surface area contributed by atoms with Crippen LogP contribution in [0.15, 0.2) is 18.3 Å². The number of benzene rings is 1. The molecule has 3 aliphatic heterocycles. The molecule has 2 bridgehead atoms. The zero-order valence-electron chi connectivity index (χ0n) is 22.1. The minimum atomic E-state index is -0.723. The number of carbonyl (C=O) groups is 1. The molecule has 12 heteroatoms. The molecule has 6 rings (SSSR count). The number of anilines is 1. The van der Waals surface area contributed by atoms with Crippen molar-refractivity contribution in [1.82, 2.24) is 24.4 Å². The number of aliphatic hydroxyl groups is 1. The normalized spacial score (nSPS) is 26.5. The number of hydrogen-bond acceptors (Lipinski definition) is 8. The fourth-order valence-electron chi connectivity index (χ4n) is 6.19. The quantitative estimate of drug-likeness (QED) is 0.497. The Balaban J connectivity index is 1.35. The van der Waals surface area contributed by atoms with E-state index in [1.807, 2.05) is 18.4 Å². The van der Waals surface area contributed by atoms with Gasteiger partial charge in [0.15, 0.2) is 11.6 Å². The summed E-state index contributed by atoms with van der Waals surface area (Å²) in [5.41, 5.74) is 0.920. The Hall–Kier alpha value is -3.38. The minimum absolute atomic E-state index is 0.0476. The molecular weight excluding hydrogens is 510 g/mol. The number of likely N-dealkylation sites (tertiary alicyclic amines) is 1. The fourth-order valence-corrected chi connectivity index (χ4v) is 6.19. The van der Waals surface area contributed by atoms with Gasteiger partial charge < -0.3 is 29.4 Å².